The van der Waals surface area contributed by atoms with Gasteiger partial charge in [0.15, 0.2) is 17.5 Å². The number of nitrogens with zero attached hydrogens (tertiary/aromatic N) is 1. The summed E-state index contributed by atoms with van der Waals surface area (Å²) in [4.78, 5) is 15.8. The summed E-state index contributed by atoms with van der Waals surface area (Å²) in [6.45, 7) is 2.72. The van der Waals surface area contributed by atoms with E-state index in [1.165, 1.54) is 0 Å². The van der Waals surface area contributed by atoms with Crippen LogP contribution in [0.15, 0.2) is 39.7 Å². The maximum atomic E-state index is 11.5. The molecule has 0 atom stereocenters. The van der Waals surface area contributed by atoms with E-state index < -0.39 is 5.97 Å². The minimum Gasteiger partial charge on any atom is -0.493 e. The minimum absolute atomic E-state index is 0. The average Bonchev–Trinajstić information content (AvgIpc) is 3.13. The van der Waals surface area contributed by atoms with Crippen LogP contribution in [0, 0.1) is 0 Å². The maximum Gasteiger partial charge on any atom is 0.374 e. The molecule has 8 nitrogen and oxygen atoms in total. The summed E-state index contributed by atoms with van der Waals surface area (Å²) < 4.78 is 20.7. The van der Waals surface area contributed by atoms with Crippen molar-refractivity contribution in [3.63, 3.8) is 0 Å². The Hall–Kier alpha value is -2.43. The quantitative estimate of drug-likeness (QED) is 0.254. The summed E-state index contributed by atoms with van der Waals surface area (Å²) in [5.41, 5.74) is 6.79. The Morgan fingerprint density at radius 3 is 2.59 bits per heavy atom. The number of furan rings is 1. The molecule has 0 aliphatic rings. The normalized spacial score (nSPS) is 10.7. The molecular weight excluding hydrogens is 465 g/mol. The lowest BCUT2D eigenvalue weighted by Gasteiger charge is -2.09. The van der Waals surface area contributed by atoms with E-state index in [1.54, 1.807) is 33.3 Å². The zero-order chi connectivity index (χ0) is 18.9. The van der Waals surface area contributed by atoms with Gasteiger partial charge in [0.25, 0.3) is 0 Å². The second-order valence-corrected chi connectivity index (χ2v) is 5.23. The fourth-order valence-corrected chi connectivity index (χ4v) is 2.17. The molecule has 0 fully saturated rings. The van der Waals surface area contributed by atoms with E-state index in [2.05, 4.69) is 10.3 Å². The molecule has 1 heterocycles. The number of halogens is 1. The molecule has 27 heavy (non-hydrogen) atoms. The van der Waals surface area contributed by atoms with Gasteiger partial charge in [-0.3, -0.25) is 0 Å². The summed E-state index contributed by atoms with van der Waals surface area (Å²) >= 11 is 0. The molecule has 0 amide bonds. The number of hydrogen-bond acceptors (Lipinski definition) is 6. The molecule has 2 rings (SSSR count). The first-order chi connectivity index (χ1) is 12.6. The Morgan fingerprint density at radius 1 is 1.19 bits per heavy atom. The molecule has 1 aromatic heterocycles. The van der Waals surface area contributed by atoms with Crippen molar-refractivity contribution in [3.8, 4) is 11.5 Å². The first-order valence-electron chi connectivity index (χ1n) is 8.07. The number of methoxy groups -OCH3 is 2. The van der Waals surface area contributed by atoms with Crippen molar-refractivity contribution in [2.45, 2.75) is 20.0 Å². The standard InChI is InChI=1S/C18H23N3O5.HI/c1-4-25-17(22)15-8-6-13(26-15)11-21-18(19)20-10-12-5-7-14(23-2)16(9-12)24-3;/h5-9H,4,10-11H2,1-3H3,(H3,19,20,21);1H. The van der Waals surface area contributed by atoms with Crippen molar-refractivity contribution in [2.24, 2.45) is 10.7 Å². The van der Waals surface area contributed by atoms with Crippen molar-refractivity contribution in [3.05, 3.63) is 47.4 Å². The van der Waals surface area contributed by atoms with Gasteiger partial charge in [-0.25, -0.2) is 9.79 Å². The molecule has 0 spiro atoms. The highest BCUT2D eigenvalue weighted by Crippen LogP contribution is 2.27. The lowest BCUT2D eigenvalue weighted by molar-refractivity contribution is 0.0488. The van der Waals surface area contributed by atoms with Crippen molar-refractivity contribution in [2.75, 3.05) is 20.8 Å². The van der Waals surface area contributed by atoms with Crippen LogP contribution in [-0.4, -0.2) is 32.8 Å². The first kappa shape index (κ1) is 22.6. The number of hydrogen-bond donors (Lipinski definition) is 2. The number of esters is 1. The van der Waals surface area contributed by atoms with E-state index in [1.807, 2.05) is 18.2 Å². The molecule has 2 aromatic rings. The van der Waals surface area contributed by atoms with Crippen LogP contribution in [0.25, 0.3) is 0 Å². The van der Waals surface area contributed by atoms with Crippen LogP contribution in [0.3, 0.4) is 0 Å². The van der Waals surface area contributed by atoms with E-state index in [4.69, 9.17) is 24.4 Å². The number of ether oxygens (including phenoxy) is 3. The Labute approximate surface area is 175 Å². The Morgan fingerprint density at radius 2 is 1.93 bits per heavy atom. The number of nitrogens with two attached hydrogens (primary N) is 1. The monoisotopic (exact) mass is 489 g/mol. The van der Waals surface area contributed by atoms with Gasteiger partial charge in [0.05, 0.1) is 33.9 Å². The number of carbonyl (C=O) groups excluding carboxylic acids is 1. The molecule has 148 valence electrons. The van der Waals surface area contributed by atoms with Gasteiger partial charge in [0.1, 0.15) is 5.76 Å². The second-order valence-electron chi connectivity index (χ2n) is 5.23. The van der Waals surface area contributed by atoms with Gasteiger partial charge in [-0.2, -0.15) is 0 Å². The summed E-state index contributed by atoms with van der Waals surface area (Å²) in [7, 11) is 3.16. The fraction of sp³-hybridized carbons (Fsp3) is 0.333. The van der Waals surface area contributed by atoms with Crippen LogP contribution in [-0.2, 0) is 17.8 Å². The van der Waals surface area contributed by atoms with Crippen molar-refractivity contribution < 1.29 is 23.4 Å². The van der Waals surface area contributed by atoms with Gasteiger partial charge in [-0.1, -0.05) is 6.07 Å². The maximum absolute atomic E-state index is 11.5. The smallest absolute Gasteiger partial charge is 0.374 e. The summed E-state index contributed by atoms with van der Waals surface area (Å²) in [5, 5.41) is 2.93. The van der Waals surface area contributed by atoms with E-state index in [0.29, 0.717) is 37.0 Å². The molecule has 0 aliphatic heterocycles. The van der Waals surface area contributed by atoms with Crippen molar-refractivity contribution in [1.29, 1.82) is 0 Å². The van der Waals surface area contributed by atoms with E-state index >= 15 is 0 Å². The van der Waals surface area contributed by atoms with Gasteiger partial charge >= 0.3 is 5.97 Å². The molecular formula is C18H24IN3O5. The summed E-state index contributed by atoms with van der Waals surface area (Å²) in [5.74, 6) is 1.76. The molecule has 0 unspecified atom stereocenters. The molecule has 9 heteroatoms. The molecule has 0 saturated carbocycles. The lowest BCUT2D eigenvalue weighted by atomic mass is 10.2. The molecule has 0 saturated heterocycles. The molecule has 3 N–H and O–H groups in total. The fourth-order valence-electron chi connectivity index (χ4n) is 2.17. The van der Waals surface area contributed by atoms with E-state index in [9.17, 15) is 4.79 Å². The van der Waals surface area contributed by atoms with Crippen LogP contribution in [0.1, 0.15) is 28.8 Å². The predicted octanol–water partition coefficient (Wildman–Crippen LogP) is 2.70. The molecule has 0 radical (unpaired) electrons. The van der Waals surface area contributed by atoms with Crippen LogP contribution < -0.4 is 20.5 Å². The first-order valence-corrected chi connectivity index (χ1v) is 8.07. The number of rotatable bonds is 8. The zero-order valence-electron chi connectivity index (χ0n) is 15.5. The Balaban J connectivity index is 0.00000364. The highest BCUT2D eigenvalue weighted by atomic mass is 127. The third kappa shape index (κ3) is 6.66. The molecule has 1 aromatic carbocycles. The topological polar surface area (TPSA) is 108 Å². The van der Waals surface area contributed by atoms with Crippen LogP contribution in [0.4, 0.5) is 0 Å². The number of nitrogens with one attached hydrogen (secondary N) is 1. The zero-order valence-corrected chi connectivity index (χ0v) is 17.8. The third-order valence-electron chi connectivity index (χ3n) is 3.46. The predicted molar refractivity (Wildman–Crippen MR) is 112 cm³/mol. The van der Waals surface area contributed by atoms with Crippen LogP contribution in [0.2, 0.25) is 0 Å². The van der Waals surface area contributed by atoms with Gasteiger partial charge in [-0.05, 0) is 36.8 Å². The Bertz CT molecular complexity index is 776. The largest absolute Gasteiger partial charge is 0.493 e. The number of benzene rings is 1. The van der Waals surface area contributed by atoms with E-state index in [0.717, 1.165) is 5.56 Å². The van der Waals surface area contributed by atoms with Crippen molar-refractivity contribution in [1.82, 2.24) is 5.32 Å². The van der Waals surface area contributed by atoms with E-state index in [-0.39, 0.29) is 35.7 Å². The highest BCUT2D eigenvalue weighted by Gasteiger charge is 2.11. The SMILES string of the molecule is CCOC(=O)c1ccc(CNC(N)=NCc2ccc(OC)c(OC)c2)o1.I. The second kappa shape index (κ2) is 11.3. The van der Waals surface area contributed by atoms with Crippen LogP contribution >= 0.6 is 24.0 Å². The minimum atomic E-state index is -0.492. The van der Waals surface area contributed by atoms with Crippen LogP contribution in [0.5, 0.6) is 11.5 Å². The number of guanidine groups is 1. The third-order valence-corrected chi connectivity index (χ3v) is 3.46. The molecule has 0 aliphatic carbocycles. The average molecular weight is 489 g/mol. The van der Waals surface area contributed by atoms with Crippen molar-refractivity contribution >= 4 is 35.9 Å². The van der Waals surface area contributed by atoms with Gasteiger partial charge in [0, 0.05) is 0 Å². The lowest BCUT2D eigenvalue weighted by Crippen LogP contribution is -2.31. The highest BCUT2D eigenvalue weighted by molar-refractivity contribution is 14.0. The molecule has 0 bridgehead atoms. The number of aliphatic imine (C=N–C) groups is 1. The van der Waals surface area contributed by atoms with Gasteiger partial charge < -0.3 is 29.7 Å². The Kier molecular flexibility index (Phi) is 9.48. The number of carbonyl (C=O) groups is 1. The summed E-state index contributed by atoms with van der Waals surface area (Å²) in [6.07, 6.45) is 0. The van der Waals surface area contributed by atoms with Gasteiger partial charge in [-0.15, -0.1) is 24.0 Å². The summed E-state index contributed by atoms with van der Waals surface area (Å²) in [6, 6.07) is 8.78. The van der Waals surface area contributed by atoms with Gasteiger partial charge in [0.2, 0.25) is 5.76 Å².